The summed E-state index contributed by atoms with van der Waals surface area (Å²) in [6.45, 7) is 8.62. The predicted molar refractivity (Wildman–Crippen MR) is 87.4 cm³/mol. The topological polar surface area (TPSA) is 39.7 Å². The Morgan fingerprint density at radius 3 is 2.75 bits per heavy atom. The fourth-order valence-corrected chi connectivity index (χ4v) is 1.88. The monoisotopic (exact) mass is 296 g/mol. The van der Waals surface area contributed by atoms with Crippen molar-refractivity contribution >= 4 is 17.6 Å². The van der Waals surface area contributed by atoms with Crippen molar-refractivity contribution in [2.24, 2.45) is 4.99 Å². The quantitative estimate of drug-likeness (QED) is 0.599. The van der Waals surface area contributed by atoms with Crippen LogP contribution < -0.4 is 10.6 Å². The summed E-state index contributed by atoms with van der Waals surface area (Å²) < 4.78 is 0. The van der Waals surface area contributed by atoms with Gasteiger partial charge in [0.05, 0.1) is 6.54 Å². The zero-order valence-corrected chi connectivity index (χ0v) is 13.4. The van der Waals surface area contributed by atoms with Gasteiger partial charge in [0.25, 0.3) is 0 Å². The maximum absolute atomic E-state index is 5.97. The van der Waals surface area contributed by atoms with Crippen LogP contribution in [0, 0.1) is 0 Å². The van der Waals surface area contributed by atoms with Crippen LogP contribution in [0.1, 0.15) is 19.4 Å². The summed E-state index contributed by atoms with van der Waals surface area (Å²) in [5.41, 5.74) is 1.11. The highest BCUT2D eigenvalue weighted by atomic mass is 35.5. The van der Waals surface area contributed by atoms with Crippen LogP contribution >= 0.6 is 11.6 Å². The first-order valence-corrected chi connectivity index (χ1v) is 7.48. The van der Waals surface area contributed by atoms with E-state index in [-0.39, 0.29) is 0 Å². The SMILES string of the molecule is CCNC(=NCc1cccc(Cl)c1)NCCN(C)CC. The molecular weight excluding hydrogens is 272 g/mol. The fourth-order valence-electron chi connectivity index (χ4n) is 1.67. The highest BCUT2D eigenvalue weighted by molar-refractivity contribution is 6.30. The van der Waals surface area contributed by atoms with Crippen LogP contribution in [0.2, 0.25) is 5.02 Å². The molecule has 0 spiro atoms. The van der Waals surface area contributed by atoms with Gasteiger partial charge < -0.3 is 15.5 Å². The lowest BCUT2D eigenvalue weighted by Gasteiger charge is -2.16. The van der Waals surface area contributed by atoms with Crippen LogP contribution in [0.15, 0.2) is 29.3 Å². The van der Waals surface area contributed by atoms with Crippen LogP contribution in [0.25, 0.3) is 0 Å². The molecule has 20 heavy (non-hydrogen) atoms. The van der Waals surface area contributed by atoms with Crippen LogP contribution in [-0.2, 0) is 6.54 Å². The van der Waals surface area contributed by atoms with Gasteiger partial charge in [0.1, 0.15) is 0 Å². The number of hydrogen-bond donors (Lipinski definition) is 2. The molecule has 0 saturated carbocycles. The Balaban J connectivity index is 2.49. The molecule has 1 aromatic rings. The lowest BCUT2D eigenvalue weighted by Crippen LogP contribution is -2.40. The molecule has 0 amide bonds. The molecule has 0 aromatic heterocycles. The van der Waals surface area contributed by atoms with Gasteiger partial charge in [-0.2, -0.15) is 0 Å². The number of halogens is 1. The van der Waals surface area contributed by atoms with E-state index in [2.05, 4.69) is 41.4 Å². The van der Waals surface area contributed by atoms with E-state index in [0.717, 1.165) is 42.7 Å². The van der Waals surface area contributed by atoms with Crippen molar-refractivity contribution in [2.45, 2.75) is 20.4 Å². The Morgan fingerprint density at radius 1 is 1.30 bits per heavy atom. The highest BCUT2D eigenvalue weighted by Gasteiger charge is 1.99. The van der Waals surface area contributed by atoms with Crippen LogP contribution in [0.5, 0.6) is 0 Å². The summed E-state index contributed by atoms with van der Waals surface area (Å²) in [5, 5.41) is 7.33. The van der Waals surface area contributed by atoms with E-state index in [0.29, 0.717) is 6.54 Å². The predicted octanol–water partition coefficient (Wildman–Crippen LogP) is 2.35. The van der Waals surface area contributed by atoms with Crippen molar-refractivity contribution in [1.82, 2.24) is 15.5 Å². The molecule has 1 aromatic carbocycles. The van der Waals surface area contributed by atoms with Crippen molar-refractivity contribution in [2.75, 3.05) is 33.2 Å². The van der Waals surface area contributed by atoms with Crippen molar-refractivity contribution in [3.05, 3.63) is 34.9 Å². The van der Waals surface area contributed by atoms with Gasteiger partial charge in [0.2, 0.25) is 0 Å². The lowest BCUT2D eigenvalue weighted by atomic mass is 10.2. The Labute approximate surface area is 127 Å². The second kappa shape index (κ2) is 9.61. The highest BCUT2D eigenvalue weighted by Crippen LogP contribution is 2.11. The summed E-state index contributed by atoms with van der Waals surface area (Å²) in [7, 11) is 2.11. The normalized spacial score (nSPS) is 11.8. The largest absolute Gasteiger partial charge is 0.357 e. The molecule has 0 aliphatic rings. The summed E-state index contributed by atoms with van der Waals surface area (Å²) >= 11 is 5.97. The average molecular weight is 297 g/mol. The van der Waals surface area contributed by atoms with Crippen LogP contribution in [0.3, 0.4) is 0 Å². The van der Waals surface area contributed by atoms with E-state index in [4.69, 9.17) is 11.6 Å². The third kappa shape index (κ3) is 6.78. The van der Waals surface area contributed by atoms with E-state index < -0.39 is 0 Å². The maximum Gasteiger partial charge on any atom is 0.191 e. The third-order valence-corrected chi connectivity index (χ3v) is 3.21. The zero-order valence-electron chi connectivity index (χ0n) is 12.6. The van der Waals surface area contributed by atoms with Gasteiger partial charge in [-0.3, -0.25) is 0 Å². The molecule has 0 atom stereocenters. The molecule has 0 unspecified atom stereocenters. The minimum Gasteiger partial charge on any atom is -0.357 e. The summed E-state index contributed by atoms with van der Waals surface area (Å²) in [4.78, 5) is 6.82. The molecule has 1 rings (SSSR count). The minimum atomic E-state index is 0.625. The molecule has 112 valence electrons. The summed E-state index contributed by atoms with van der Waals surface area (Å²) in [5.74, 6) is 0.844. The standard InChI is InChI=1S/C15H25ClN4/c1-4-17-15(18-9-10-20(3)5-2)19-12-13-7-6-8-14(16)11-13/h6-8,11H,4-5,9-10,12H2,1-3H3,(H2,17,18,19). The molecule has 0 fully saturated rings. The van der Waals surface area contributed by atoms with E-state index in [1.165, 1.54) is 0 Å². The third-order valence-electron chi connectivity index (χ3n) is 2.98. The number of likely N-dealkylation sites (N-methyl/N-ethyl adjacent to an activating group) is 1. The van der Waals surface area contributed by atoms with Crippen molar-refractivity contribution in [3.63, 3.8) is 0 Å². The number of nitrogens with zero attached hydrogens (tertiary/aromatic N) is 2. The second-order valence-corrected chi connectivity index (χ2v) is 5.08. The van der Waals surface area contributed by atoms with E-state index in [9.17, 15) is 0 Å². The number of hydrogen-bond acceptors (Lipinski definition) is 2. The van der Waals surface area contributed by atoms with Crippen molar-refractivity contribution in [3.8, 4) is 0 Å². The Morgan fingerprint density at radius 2 is 2.10 bits per heavy atom. The zero-order chi connectivity index (χ0) is 14.8. The van der Waals surface area contributed by atoms with Crippen LogP contribution in [-0.4, -0.2) is 44.1 Å². The lowest BCUT2D eigenvalue weighted by molar-refractivity contribution is 0.357. The molecule has 0 bridgehead atoms. The number of rotatable bonds is 7. The van der Waals surface area contributed by atoms with Crippen molar-refractivity contribution < 1.29 is 0 Å². The smallest absolute Gasteiger partial charge is 0.191 e. The van der Waals surface area contributed by atoms with E-state index >= 15 is 0 Å². The average Bonchev–Trinajstić information content (AvgIpc) is 2.44. The first-order chi connectivity index (χ1) is 9.65. The number of nitrogens with one attached hydrogen (secondary N) is 2. The summed E-state index contributed by atoms with van der Waals surface area (Å²) in [6.07, 6.45) is 0. The van der Waals surface area contributed by atoms with Gasteiger partial charge in [-0.1, -0.05) is 30.7 Å². The van der Waals surface area contributed by atoms with Crippen LogP contribution in [0.4, 0.5) is 0 Å². The van der Waals surface area contributed by atoms with Gasteiger partial charge in [-0.05, 0) is 38.2 Å². The number of benzene rings is 1. The molecular formula is C15H25ClN4. The van der Waals surface area contributed by atoms with Gasteiger partial charge >= 0.3 is 0 Å². The minimum absolute atomic E-state index is 0.625. The number of guanidine groups is 1. The Kier molecular flexibility index (Phi) is 8.07. The first-order valence-electron chi connectivity index (χ1n) is 7.10. The molecule has 0 aliphatic carbocycles. The summed E-state index contributed by atoms with van der Waals surface area (Å²) in [6, 6.07) is 7.80. The second-order valence-electron chi connectivity index (χ2n) is 4.65. The molecule has 0 heterocycles. The maximum atomic E-state index is 5.97. The fraction of sp³-hybridized carbons (Fsp3) is 0.533. The Bertz CT molecular complexity index is 420. The number of aliphatic imine (C=N–C) groups is 1. The van der Waals surface area contributed by atoms with Gasteiger partial charge in [0.15, 0.2) is 5.96 Å². The molecule has 5 heteroatoms. The van der Waals surface area contributed by atoms with E-state index in [1.807, 2.05) is 24.3 Å². The molecule has 4 nitrogen and oxygen atoms in total. The molecule has 0 aliphatic heterocycles. The first kappa shape index (κ1) is 16.8. The van der Waals surface area contributed by atoms with Gasteiger partial charge in [-0.25, -0.2) is 4.99 Å². The Hall–Kier alpha value is -1.26. The van der Waals surface area contributed by atoms with E-state index in [1.54, 1.807) is 0 Å². The van der Waals surface area contributed by atoms with Gasteiger partial charge in [-0.15, -0.1) is 0 Å². The molecule has 0 radical (unpaired) electrons. The molecule has 2 N–H and O–H groups in total. The molecule has 0 saturated heterocycles. The van der Waals surface area contributed by atoms with Gasteiger partial charge in [0, 0.05) is 24.7 Å². The van der Waals surface area contributed by atoms with Crippen molar-refractivity contribution in [1.29, 1.82) is 0 Å².